The Morgan fingerprint density at radius 2 is 0.716 bits per heavy atom. The molecule has 0 fully saturated rings. The van der Waals surface area contributed by atoms with Crippen LogP contribution in [0.25, 0.3) is 88.1 Å². The van der Waals surface area contributed by atoms with Gasteiger partial charge < -0.3 is 9.55 Å². The summed E-state index contributed by atoms with van der Waals surface area (Å²) in [6.07, 6.45) is 0. The van der Waals surface area contributed by atoms with Crippen molar-refractivity contribution in [1.82, 2.24) is 9.55 Å². The topological polar surface area (TPSA) is 20.7 Å². The molecular weight excluding hydrogens is 1180 g/mol. The van der Waals surface area contributed by atoms with Crippen LogP contribution >= 0.6 is 47.8 Å². The maximum atomic E-state index is 3.83. The monoisotopic (exact) mass is 1230 g/mol. The highest BCUT2D eigenvalue weighted by Gasteiger charge is 2.53. The Hall–Kier alpha value is -8.32. The number of hydrogen-bond donors (Lipinski definition) is 1. The lowest BCUT2D eigenvalue weighted by Gasteiger charge is -2.30. The van der Waals surface area contributed by atoms with Crippen LogP contribution in [-0.4, -0.2) is 9.55 Å². The van der Waals surface area contributed by atoms with Gasteiger partial charge >= 0.3 is 0 Å². The number of benzene rings is 12. The Bertz CT molecular complexity index is 4810. The van der Waals surface area contributed by atoms with Crippen molar-refractivity contribution in [1.29, 1.82) is 0 Å². The smallest absolute Gasteiger partial charge is 0.0726 e. The van der Waals surface area contributed by atoms with E-state index in [0.29, 0.717) is 0 Å². The van der Waals surface area contributed by atoms with Gasteiger partial charge in [0.15, 0.2) is 0 Å². The van der Waals surface area contributed by atoms with E-state index in [1.165, 1.54) is 148 Å². The van der Waals surface area contributed by atoms with Crippen molar-refractivity contribution in [3.8, 4) is 44.5 Å². The molecule has 2 spiro atoms. The minimum absolute atomic E-state index is 0.273. The predicted molar refractivity (Wildman–Crippen MR) is 348 cm³/mol. The highest BCUT2D eigenvalue weighted by Crippen LogP contribution is 2.66. The molecule has 1 N–H and O–H groups in total. The standard InChI is InChI=1S/C38H24BrN.C31H19N.C7H6Br2/c39-34-19-9-1-11-24(34)23-40-35-20-10-5-14-27(35)28-21-22-33-36(37(28)40)29-15-4-8-18-32(29)38(33)30-16-6-2-12-25(30)26-13-3-7-17-31(26)38;1-5-13-24-19(9-1)20-10-2-6-14-25(20)31(24)26-15-7-3-12-23(26)29-27(31)18-17-22-21-11-4-8-16-28(21)32-30(22)29;8-5-6-3-1-2-4-7(6)9/h1-22H,23H2;1-18,32H;1-4H,5H2. The molecule has 384 valence electrons. The van der Waals surface area contributed by atoms with Gasteiger partial charge in [0.05, 0.1) is 21.9 Å². The quantitative estimate of drug-likeness (QED) is 0.170. The molecule has 0 atom stereocenters. The SMILES string of the molecule is BrCc1ccccc1Br.Brc1ccccc1Cn1c2ccccc2c2ccc3c(c21)-c1ccccc1C31c2ccccc2-c2ccccc21.c1ccc2c(c1)-c1ccccc1C21c2ccccc2-c2c1ccc1c2[nH]c2ccccc21. The number of rotatable bonds is 3. The molecule has 0 saturated heterocycles. The van der Waals surface area contributed by atoms with Crippen molar-refractivity contribution in [2.45, 2.75) is 22.7 Å². The number of nitrogens with one attached hydrogen (secondary N) is 1. The van der Waals surface area contributed by atoms with E-state index < -0.39 is 0 Å². The molecule has 0 bridgehead atoms. The molecule has 12 aromatic carbocycles. The number of halogens is 3. The average Bonchev–Trinajstić information content (AvgIpc) is 3.10. The van der Waals surface area contributed by atoms with Crippen LogP contribution in [0.4, 0.5) is 0 Å². The van der Waals surface area contributed by atoms with Crippen LogP contribution in [0.5, 0.6) is 0 Å². The Kier molecular flexibility index (Phi) is 11.3. The van der Waals surface area contributed by atoms with Crippen LogP contribution in [0.3, 0.4) is 0 Å². The Labute approximate surface area is 495 Å². The summed E-state index contributed by atoms with van der Waals surface area (Å²) < 4.78 is 4.86. The Morgan fingerprint density at radius 1 is 0.321 bits per heavy atom. The first kappa shape index (κ1) is 48.6. The van der Waals surface area contributed by atoms with Crippen LogP contribution < -0.4 is 0 Å². The minimum atomic E-state index is -0.331. The molecule has 0 amide bonds. The van der Waals surface area contributed by atoms with E-state index in [1.54, 1.807) is 0 Å². The van der Waals surface area contributed by atoms with Crippen LogP contribution in [0.15, 0.2) is 276 Å². The third kappa shape index (κ3) is 6.83. The van der Waals surface area contributed by atoms with Gasteiger partial charge in [-0.25, -0.2) is 0 Å². The molecule has 5 heteroatoms. The first-order valence-electron chi connectivity index (χ1n) is 27.7. The average molecular weight is 1230 g/mol. The van der Waals surface area contributed by atoms with Gasteiger partial charge in [0, 0.05) is 64.5 Å². The fourth-order valence-electron chi connectivity index (χ4n) is 14.8. The fourth-order valence-corrected chi connectivity index (χ4v) is 16.5. The summed E-state index contributed by atoms with van der Waals surface area (Å²) in [6, 6.07) is 97.9. The molecule has 0 unspecified atom stereocenters. The molecule has 2 heterocycles. The van der Waals surface area contributed by atoms with Gasteiger partial charge in [-0.3, -0.25) is 0 Å². The molecule has 81 heavy (non-hydrogen) atoms. The van der Waals surface area contributed by atoms with E-state index in [9.17, 15) is 0 Å². The van der Waals surface area contributed by atoms with Crippen LogP contribution in [-0.2, 0) is 22.7 Å². The normalized spacial score (nSPS) is 13.7. The lowest BCUT2D eigenvalue weighted by Crippen LogP contribution is -2.25. The molecule has 2 nitrogen and oxygen atoms in total. The largest absolute Gasteiger partial charge is 0.354 e. The zero-order valence-electron chi connectivity index (χ0n) is 43.9. The van der Waals surface area contributed by atoms with Gasteiger partial charge in [-0.2, -0.15) is 0 Å². The second-order valence-corrected chi connectivity index (χ2v) is 23.9. The maximum Gasteiger partial charge on any atom is 0.0726 e. The van der Waals surface area contributed by atoms with E-state index in [2.05, 4.69) is 306 Å². The third-order valence-corrected chi connectivity index (χ3v) is 20.1. The summed E-state index contributed by atoms with van der Waals surface area (Å²) in [5.74, 6) is 0. The van der Waals surface area contributed by atoms with Gasteiger partial charge in [-0.05, 0) is 113 Å². The van der Waals surface area contributed by atoms with Crippen molar-refractivity contribution < 1.29 is 0 Å². The van der Waals surface area contributed by atoms with Crippen LogP contribution in [0.1, 0.15) is 55.6 Å². The first-order chi connectivity index (χ1) is 40.0. The van der Waals surface area contributed by atoms with Crippen molar-refractivity contribution >= 4 is 91.4 Å². The van der Waals surface area contributed by atoms with Gasteiger partial charge in [0.2, 0.25) is 0 Å². The molecule has 0 aliphatic heterocycles. The first-order valence-corrected chi connectivity index (χ1v) is 30.4. The molecule has 14 aromatic rings. The van der Waals surface area contributed by atoms with E-state index in [1.807, 2.05) is 18.2 Å². The van der Waals surface area contributed by atoms with Crippen LogP contribution in [0.2, 0.25) is 0 Å². The Morgan fingerprint density at radius 3 is 1.23 bits per heavy atom. The third-order valence-electron chi connectivity index (χ3n) is 17.9. The second-order valence-electron chi connectivity index (χ2n) is 21.7. The summed E-state index contributed by atoms with van der Waals surface area (Å²) in [7, 11) is 0. The van der Waals surface area contributed by atoms with E-state index in [-0.39, 0.29) is 10.8 Å². The number of alkyl halides is 1. The Balaban J connectivity index is 0.000000118. The van der Waals surface area contributed by atoms with Gasteiger partial charge in [-0.15, -0.1) is 0 Å². The molecule has 0 radical (unpaired) electrons. The van der Waals surface area contributed by atoms with E-state index in [0.717, 1.165) is 16.3 Å². The fraction of sp³-hybridized carbons (Fsp3) is 0.0526. The van der Waals surface area contributed by atoms with Crippen molar-refractivity contribution in [3.05, 3.63) is 332 Å². The number of aromatic nitrogens is 2. The summed E-state index contributed by atoms with van der Waals surface area (Å²) in [4.78, 5) is 3.77. The van der Waals surface area contributed by atoms with Gasteiger partial charge in [-0.1, -0.05) is 290 Å². The zero-order chi connectivity index (χ0) is 54.0. The molecular formula is C76H49Br3N2. The number of nitrogens with zero attached hydrogens (tertiary/aromatic N) is 1. The summed E-state index contributed by atoms with van der Waals surface area (Å²) in [5.41, 5.74) is 28.9. The number of H-pyrrole nitrogens is 1. The zero-order valence-corrected chi connectivity index (χ0v) is 48.7. The lowest BCUT2D eigenvalue weighted by molar-refractivity contribution is 0.793. The van der Waals surface area contributed by atoms with Gasteiger partial charge in [0.1, 0.15) is 0 Å². The summed E-state index contributed by atoms with van der Waals surface area (Å²) in [6.45, 7) is 0.796. The van der Waals surface area contributed by atoms with Crippen molar-refractivity contribution in [2.75, 3.05) is 0 Å². The highest BCUT2D eigenvalue weighted by atomic mass is 79.9. The predicted octanol–water partition coefficient (Wildman–Crippen LogP) is 21.0. The van der Waals surface area contributed by atoms with Crippen LogP contribution in [0, 0.1) is 0 Å². The highest BCUT2D eigenvalue weighted by molar-refractivity contribution is 9.11. The summed E-state index contributed by atoms with van der Waals surface area (Å²) in [5, 5.41) is 6.11. The summed E-state index contributed by atoms with van der Waals surface area (Å²) >= 11 is 10.6. The van der Waals surface area contributed by atoms with E-state index >= 15 is 0 Å². The molecule has 4 aliphatic carbocycles. The number of aromatic amines is 1. The molecule has 4 aliphatic rings. The van der Waals surface area contributed by atoms with E-state index in [4.69, 9.17) is 0 Å². The van der Waals surface area contributed by atoms with Crippen molar-refractivity contribution in [2.24, 2.45) is 0 Å². The second kappa shape index (κ2) is 18.9. The van der Waals surface area contributed by atoms with Crippen molar-refractivity contribution in [3.63, 3.8) is 0 Å². The lowest BCUT2D eigenvalue weighted by atomic mass is 9.70. The maximum absolute atomic E-state index is 3.83. The number of para-hydroxylation sites is 2. The number of hydrogen-bond acceptors (Lipinski definition) is 0. The minimum Gasteiger partial charge on any atom is -0.354 e. The van der Waals surface area contributed by atoms with Gasteiger partial charge in [0.25, 0.3) is 0 Å². The molecule has 0 saturated carbocycles. The number of fused-ring (bicyclic) bond motifs is 28. The molecule has 2 aromatic heterocycles. The molecule has 18 rings (SSSR count).